The van der Waals surface area contributed by atoms with Crippen molar-refractivity contribution in [3.05, 3.63) is 41.3 Å². The molecule has 0 saturated heterocycles. The molecular formula is C14H18N2O. The number of aliphatic hydroxyl groups is 1. The number of imidazole rings is 1. The summed E-state index contributed by atoms with van der Waals surface area (Å²) in [5.41, 5.74) is 4.81. The van der Waals surface area contributed by atoms with Crippen LogP contribution in [-0.4, -0.2) is 21.3 Å². The van der Waals surface area contributed by atoms with Gasteiger partial charge in [-0.3, -0.25) is 0 Å². The van der Waals surface area contributed by atoms with Crippen LogP contribution in [0.25, 0.3) is 11.3 Å². The molecule has 3 nitrogen and oxygen atoms in total. The molecule has 0 spiro atoms. The second-order valence-electron chi connectivity index (χ2n) is 4.41. The fourth-order valence-electron chi connectivity index (χ4n) is 2.04. The molecule has 0 radical (unpaired) electrons. The van der Waals surface area contributed by atoms with Crippen LogP contribution in [-0.2, 0) is 13.5 Å². The Labute approximate surface area is 102 Å². The van der Waals surface area contributed by atoms with E-state index in [1.807, 2.05) is 13.2 Å². The summed E-state index contributed by atoms with van der Waals surface area (Å²) in [5, 5.41) is 8.97. The lowest BCUT2D eigenvalue weighted by molar-refractivity contribution is 0.295. The third kappa shape index (κ3) is 2.24. The molecule has 0 fully saturated rings. The maximum atomic E-state index is 8.97. The highest BCUT2D eigenvalue weighted by Crippen LogP contribution is 2.24. The zero-order chi connectivity index (χ0) is 12.4. The average Bonchev–Trinajstić information content (AvgIpc) is 2.65. The summed E-state index contributed by atoms with van der Waals surface area (Å²) in [6.07, 6.45) is 2.48. The van der Waals surface area contributed by atoms with Crippen LogP contribution < -0.4 is 0 Å². The van der Waals surface area contributed by atoms with Gasteiger partial charge in [0.2, 0.25) is 0 Å². The molecule has 1 N–H and O–H groups in total. The molecule has 0 aliphatic rings. The molecular weight excluding hydrogens is 212 g/mol. The number of aryl methyl sites for hydroxylation is 2. The smallest absolute Gasteiger partial charge is 0.111 e. The normalized spacial score (nSPS) is 10.8. The highest BCUT2D eigenvalue weighted by molar-refractivity contribution is 5.64. The lowest BCUT2D eigenvalue weighted by atomic mass is 10.0. The molecule has 0 atom stereocenters. The lowest BCUT2D eigenvalue weighted by Crippen LogP contribution is -2.02. The van der Waals surface area contributed by atoms with Crippen molar-refractivity contribution in [3.63, 3.8) is 0 Å². The maximum Gasteiger partial charge on any atom is 0.111 e. The van der Waals surface area contributed by atoms with Crippen molar-refractivity contribution in [2.45, 2.75) is 20.3 Å². The molecule has 1 heterocycles. The van der Waals surface area contributed by atoms with Crippen molar-refractivity contribution in [1.82, 2.24) is 9.55 Å². The van der Waals surface area contributed by atoms with E-state index in [1.165, 1.54) is 16.7 Å². The van der Waals surface area contributed by atoms with Crippen molar-refractivity contribution >= 4 is 0 Å². The summed E-state index contributed by atoms with van der Waals surface area (Å²) in [5.74, 6) is 0.920. The molecule has 0 amide bonds. The van der Waals surface area contributed by atoms with Crippen LogP contribution in [0.1, 0.15) is 17.0 Å². The van der Waals surface area contributed by atoms with Crippen LogP contribution in [0.3, 0.4) is 0 Å². The summed E-state index contributed by atoms with van der Waals surface area (Å²) >= 11 is 0. The number of benzene rings is 1. The van der Waals surface area contributed by atoms with E-state index in [0.717, 1.165) is 11.5 Å². The quantitative estimate of drug-likeness (QED) is 0.878. The van der Waals surface area contributed by atoms with Crippen molar-refractivity contribution in [1.29, 1.82) is 0 Å². The first-order chi connectivity index (χ1) is 8.13. The van der Waals surface area contributed by atoms with E-state index < -0.39 is 0 Å². The molecule has 0 aliphatic carbocycles. The Bertz CT molecular complexity index is 529. The van der Waals surface area contributed by atoms with Crippen molar-refractivity contribution in [2.24, 2.45) is 7.05 Å². The Hall–Kier alpha value is -1.61. The highest BCUT2D eigenvalue weighted by Gasteiger charge is 2.10. The maximum absolute atomic E-state index is 8.97. The van der Waals surface area contributed by atoms with Crippen molar-refractivity contribution < 1.29 is 5.11 Å². The van der Waals surface area contributed by atoms with Gasteiger partial charge in [0.05, 0.1) is 18.5 Å². The fraction of sp³-hybridized carbons (Fsp3) is 0.357. The first-order valence-corrected chi connectivity index (χ1v) is 5.82. The number of rotatable bonds is 3. The largest absolute Gasteiger partial charge is 0.396 e. The van der Waals surface area contributed by atoms with Crippen molar-refractivity contribution in [3.8, 4) is 11.3 Å². The minimum absolute atomic E-state index is 0.136. The second kappa shape index (κ2) is 4.72. The number of hydrogen-bond donors (Lipinski definition) is 1. The van der Waals surface area contributed by atoms with Gasteiger partial charge in [0.1, 0.15) is 5.82 Å². The minimum Gasteiger partial charge on any atom is -0.396 e. The summed E-state index contributed by atoms with van der Waals surface area (Å²) in [7, 11) is 2.00. The molecule has 1 aromatic carbocycles. The van der Waals surface area contributed by atoms with Crippen LogP contribution in [0.5, 0.6) is 0 Å². The minimum atomic E-state index is 0.136. The number of hydrogen-bond acceptors (Lipinski definition) is 2. The van der Waals surface area contributed by atoms with Crippen LogP contribution >= 0.6 is 0 Å². The highest BCUT2D eigenvalue weighted by atomic mass is 16.3. The zero-order valence-corrected chi connectivity index (χ0v) is 10.6. The second-order valence-corrected chi connectivity index (χ2v) is 4.41. The van der Waals surface area contributed by atoms with E-state index in [-0.39, 0.29) is 6.61 Å². The van der Waals surface area contributed by atoms with E-state index >= 15 is 0 Å². The molecule has 1 aromatic heterocycles. The summed E-state index contributed by atoms with van der Waals surface area (Å²) < 4.78 is 2.05. The Kier molecular flexibility index (Phi) is 3.29. The monoisotopic (exact) mass is 230 g/mol. The molecule has 0 unspecified atom stereocenters. The van der Waals surface area contributed by atoms with Crippen LogP contribution in [0.2, 0.25) is 0 Å². The van der Waals surface area contributed by atoms with Gasteiger partial charge in [0.25, 0.3) is 0 Å². The predicted octanol–water partition coefficient (Wildman–Crippen LogP) is 2.24. The van der Waals surface area contributed by atoms with Gasteiger partial charge < -0.3 is 9.67 Å². The third-order valence-electron chi connectivity index (χ3n) is 3.09. The lowest BCUT2D eigenvalue weighted by Gasteiger charge is -2.09. The third-order valence-corrected chi connectivity index (χ3v) is 3.09. The van der Waals surface area contributed by atoms with Crippen LogP contribution in [0.4, 0.5) is 0 Å². The predicted molar refractivity (Wildman–Crippen MR) is 68.9 cm³/mol. The Morgan fingerprint density at radius 1 is 1.29 bits per heavy atom. The fourth-order valence-corrected chi connectivity index (χ4v) is 2.04. The first kappa shape index (κ1) is 11.9. The van der Waals surface area contributed by atoms with Crippen LogP contribution in [0, 0.1) is 13.8 Å². The molecule has 0 bridgehead atoms. The summed E-state index contributed by atoms with van der Waals surface area (Å²) in [6.45, 7) is 4.33. The summed E-state index contributed by atoms with van der Waals surface area (Å²) in [6, 6.07) is 6.42. The SMILES string of the molecule is Cc1ccc(C)c(-c2cnc(CCO)n2C)c1. The van der Waals surface area contributed by atoms with Gasteiger partial charge >= 0.3 is 0 Å². The standard InChI is InChI=1S/C14H18N2O/c1-10-4-5-11(2)12(8-10)13-9-15-14(6-7-17)16(13)3/h4-5,8-9,17H,6-7H2,1-3H3. The Balaban J connectivity index is 2.49. The number of aromatic nitrogens is 2. The molecule has 2 aromatic rings. The molecule has 0 saturated carbocycles. The van der Waals surface area contributed by atoms with Gasteiger partial charge in [-0.05, 0) is 25.5 Å². The first-order valence-electron chi connectivity index (χ1n) is 5.82. The molecule has 3 heteroatoms. The van der Waals surface area contributed by atoms with E-state index in [1.54, 1.807) is 0 Å². The van der Waals surface area contributed by atoms with Gasteiger partial charge in [0, 0.05) is 19.0 Å². The van der Waals surface area contributed by atoms with Gasteiger partial charge in [-0.15, -0.1) is 0 Å². The summed E-state index contributed by atoms with van der Waals surface area (Å²) in [4.78, 5) is 4.36. The molecule has 90 valence electrons. The Morgan fingerprint density at radius 2 is 2.06 bits per heavy atom. The molecule has 17 heavy (non-hydrogen) atoms. The zero-order valence-electron chi connectivity index (χ0n) is 10.6. The van der Waals surface area contributed by atoms with E-state index in [9.17, 15) is 0 Å². The van der Waals surface area contributed by atoms with Crippen molar-refractivity contribution in [2.75, 3.05) is 6.61 Å². The number of aliphatic hydroxyl groups excluding tert-OH is 1. The van der Waals surface area contributed by atoms with E-state index in [2.05, 4.69) is 41.6 Å². The van der Waals surface area contributed by atoms with Gasteiger partial charge in [0.15, 0.2) is 0 Å². The van der Waals surface area contributed by atoms with Gasteiger partial charge in [-0.1, -0.05) is 17.7 Å². The van der Waals surface area contributed by atoms with E-state index in [0.29, 0.717) is 6.42 Å². The van der Waals surface area contributed by atoms with Gasteiger partial charge in [-0.25, -0.2) is 4.98 Å². The van der Waals surface area contributed by atoms with Crippen LogP contribution in [0.15, 0.2) is 24.4 Å². The molecule has 2 rings (SSSR count). The van der Waals surface area contributed by atoms with E-state index in [4.69, 9.17) is 5.11 Å². The average molecular weight is 230 g/mol. The Morgan fingerprint density at radius 3 is 2.76 bits per heavy atom. The number of nitrogens with zero attached hydrogens (tertiary/aromatic N) is 2. The van der Waals surface area contributed by atoms with Gasteiger partial charge in [-0.2, -0.15) is 0 Å². The topological polar surface area (TPSA) is 38.1 Å². The molecule has 0 aliphatic heterocycles.